The first kappa shape index (κ1) is 21.6. The average molecular weight is 416 g/mol. The molecule has 0 unspecified atom stereocenters. The highest BCUT2D eigenvalue weighted by Crippen LogP contribution is 2.29. The molecule has 158 valence electrons. The van der Waals surface area contributed by atoms with Crippen LogP contribution in [0.2, 0.25) is 0 Å². The van der Waals surface area contributed by atoms with E-state index in [0.29, 0.717) is 46.2 Å². The molecule has 2 N–H and O–H groups in total. The number of hydrogen-bond donors (Lipinski definition) is 2. The average Bonchev–Trinajstić information content (AvgIpc) is 2.79. The number of methoxy groups -OCH3 is 1. The van der Waals surface area contributed by atoms with Crippen molar-refractivity contribution in [3.05, 3.63) is 96.1 Å². The van der Waals surface area contributed by atoms with Gasteiger partial charge in [-0.25, -0.2) is 0 Å². The second-order valence-corrected chi connectivity index (χ2v) is 6.72. The van der Waals surface area contributed by atoms with Gasteiger partial charge in [0.2, 0.25) is 0 Å². The standard InChI is InChI=1S/C25H24N2O4/c1-4-15-31-22-14-13-18(16-23(22)30-3)24(28)27-21-12-8-11-20(17(21)2)25(29)26-19-9-6-5-7-10-19/h4-14,16H,1,15H2,2-3H3,(H,26,29)(H,27,28). The molecule has 0 spiro atoms. The van der Waals surface area contributed by atoms with E-state index in [1.54, 1.807) is 49.4 Å². The van der Waals surface area contributed by atoms with Crippen molar-refractivity contribution in [1.29, 1.82) is 0 Å². The van der Waals surface area contributed by atoms with Crippen LogP contribution in [0, 0.1) is 6.92 Å². The minimum Gasteiger partial charge on any atom is -0.493 e. The number of nitrogens with one attached hydrogen (secondary N) is 2. The molecule has 0 heterocycles. The van der Waals surface area contributed by atoms with E-state index < -0.39 is 0 Å². The summed E-state index contributed by atoms with van der Waals surface area (Å²) in [6.45, 7) is 5.74. The zero-order chi connectivity index (χ0) is 22.2. The first-order valence-electron chi connectivity index (χ1n) is 9.72. The Morgan fingerprint density at radius 1 is 0.935 bits per heavy atom. The van der Waals surface area contributed by atoms with Gasteiger partial charge < -0.3 is 20.1 Å². The lowest BCUT2D eigenvalue weighted by atomic mass is 10.1. The Kier molecular flexibility index (Phi) is 7.06. The number of benzene rings is 3. The van der Waals surface area contributed by atoms with Gasteiger partial charge in [0, 0.05) is 22.5 Å². The van der Waals surface area contributed by atoms with Crippen molar-refractivity contribution < 1.29 is 19.1 Å². The van der Waals surface area contributed by atoms with Crippen LogP contribution in [0.25, 0.3) is 0 Å². The predicted octanol–water partition coefficient (Wildman–Crippen LogP) is 5.07. The highest BCUT2D eigenvalue weighted by molar-refractivity contribution is 6.09. The van der Waals surface area contributed by atoms with E-state index in [1.165, 1.54) is 7.11 Å². The molecule has 0 bridgehead atoms. The predicted molar refractivity (Wildman–Crippen MR) is 122 cm³/mol. The summed E-state index contributed by atoms with van der Waals surface area (Å²) < 4.78 is 10.8. The number of anilines is 2. The van der Waals surface area contributed by atoms with E-state index in [-0.39, 0.29) is 11.8 Å². The fourth-order valence-corrected chi connectivity index (χ4v) is 3.01. The molecule has 0 aromatic heterocycles. The van der Waals surface area contributed by atoms with Gasteiger partial charge in [0.25, 0.3) is 11.8 Å². The number of carbonyl (C=O) groups excluding carboxylic acids is 2. The largest absolute Gasteiger partial charge is 0.493 e. The van der Waals surface area contributed by atoms with Gasteiger partial charge in [0.15, 0.2) is 11.5 Å². The van der Waals surface area contributed by atoms with E-state index in [0.717, 1.165) is 0 Å². The van der Waals surface area contributed by atoms with Gasteiger partial charge in [-0.2, -0.15) is 0 Å². The third-order valence-electron chi connectivity index (χ3n) is 4.64. The summed E-state index contributed by atoms with van der Waals surface area (Å²) in [6, 6.07) is 19.3. The molecule has 31 heavy (non-hydrogen) atoms. The fourth-order valence-electron chi connectivity index (χ4n) is 3.01. The van der Waals surface area contributed by atoms with Crippen molar-refractivity contribution >= 4 is 23.2 Å². The number of ether oxygens (including phenoxy) is 2. The van der Waals surface area contributed by atoms with E-state index in [1.807, 2.05) is 30.3 Å². The quantitative estimate of drug-likeness (QED) is 0.503. The molecule has 0 aliphatic rings. The third-order valence-corrected chi connectivity index (χ3v) is 4.64. The molecule has 3 aromatic rings. The molecule has 3 aromatic carbocycles. The molecular formula is C25H24N2O4. The maximum absolute atomic E-state index is 12.8. The summed E-state index contributed by atoms with van der Waals surface area (Å²) in [6.07, 6.45) is 1.63. The summed E-state index contributed by atoms with van der Waals surface area (Å²) >= 11 is 0. The Balaban J connectivity index is 1.78. The molecule has 0 aliphatic carbocycles. The van der Waals surface area contributed by atoms with Crippen LogP contribution in [0.4, 0.5) is 11.4 Å². The summed E-state index contributed by atoms with van der Waals surface area (Å²) in [5, 5.41) is 5.73. The molecule has 0 radical (unpaired) electrons. The van der Waals surface area contributed by atoms with Gasteiger partial charge in [-0.05, 0) is 55.0 Å². The van der Waals surface area contributed by atoms with Crippen LogP contribution in [0.3, 0.4) is 0 Å². The summed E-state index contributed by atoms with van der Waals surface area (Å²) in [5.74, 6) is 0.402. The minimum atomic E-state index is -0.322. The molecule has 0 saturated heterocycles. The molecule has 0 atom stereocenters. The van der Waals surface area contributed by atoms with Crippen LogP contribution >= 0.6 is 0 Å². The highest BCUT2D eigenvalue weighted by atomic mass is 16.5. The monoisotopic (exact) mass is 416 g/mol. The van der Waals surface area contributed by atoms with Crippen molar-refractivity contribution in [2.45, 2.75) is 6.92 Å². The highest BCUT2D eigenvalue weighted by Gasteiger charge is 2.16. The van der Waals surface area contributed by atoms with Gasteiger partial charge in [0.1, 0.15) is 6.61 Å². The first-order valence-corrected chi connectivity index (χ1v) is 9.72. The van der Waals surface area contributed by atoms with Gasteiger partial charge in [-0.3, -0.25) is 9.59 Å². The number of para-hydroxylation sites is 1. The van der Waals surface area contributed by atoms with Crippen molar-refractivity contribution in [3.63, 3.8) is 0 Å². The van der Waals surface area contributed by atoms with Crippen molar-refractivity contribution in [3.8, 4) is 11.5 Å². The molecule has 2 amide bonds. The molecule has 0 fully saturated rings. The Labute approximate surface area is 181 Å². The first-order chi connectivity index (χ1) is 15.0. The lowest BCUT2D eigenvalue weighted by Gasteiger charge is -2.14. The van der Waals surface area contributed by atoms with Gasteiger partial charge >= 0.3 is 0 Å². The van der Waals surface area contributed by atoms with Gasteiger partial charge in [0.05, 0.1) is 7.11 Å². The summed E-state index contributed by atoms with van der Waals surface area (Å²) in [4.78, 5) is 25.5. The molecule has 3 rings (SSSR count). The number of hydrogen-bond acceptors (Lipinski definition) is 4. The zero-order valence-electron chi connectivity index (χ0n) is 17.5. The van der Waals surface area contributed by atoms with Crippen LogP contribution in [0.1, 0.15) is 26.3 Å². The van der Waals surface area contributed by atoms with Crippen LogP contribution in [-0.2, 0) is 0 Å². The number of amides is 2. The van der Waals surface area contributed by atoms with Crippen LogP contribution in [0.15, 0.2) is 79.4 Å². The third kappa shape index (κ3) is 5.30. The van der Waals surface area contributed by atoms with E-state index >= 15 is 0 Å². The Hall–Kier alpha value is -4.06. The van der Waals surface area contributed by atoms with E-state index in [4.69, 9.17) is 9.47 Å². The molecular weight excluding hydrogens is 392 g/mol. The normalized spacial score (nSPS) is 10.1. The lowest BCUT2D eigenvalue weighted by Crippen LogP contribution is -2.17. The zero-order valence-corrected chi connectivity index (χ0v) is 17.5. The molecule has 0 aliphatic heterocycles. The van der Waals surface area contributed by atoms with Crippen molar-refractivity contribution in [1.82, 2.24) is 0 Å². The van der Waals surface area contributed by atoms with E-state index in [9.17, 15) is 9.59 Å². The maximum atomic E-state index is 12.8. The minimum absolute atomic E-state index is 0.245. The fraction of sp³-hybridized carbons (Fsp3) is 0.120. The number of rotatable bonds is 8. The topological polar surface area (TPSA) is 76.7 Å². The van der Waals surface area contributed by atoms with Gasteiger partial charge in [-0.15, -0.1) is 0 Å². The van der Waals surface area contributed by atoms with Crippen LogP contribution in [-0.4, -0.2) is 25.5 Å². The smallest absolute Gasteiger partial charge is 0.256 e. The Morgan fingerprint density at radius 3 is 2.42 bits per heavy atom. The Morgan fingerprint density at radius 2 is 1.71 bits per heavy atom. The van der Waals surface area contributed by atoms with Gasteiger partial charge in [-0.1, -0.05) is 36.9 Å². The second kappa shape index (κ2) is 10.1. The molecule has 0 saturated carbocycles. The van der Waals surface area contributed by atoms with Crippen molar-refractivity contribution in [2.24, 2.45) is 0 Å². The lowest BCUT2D eigenvalue weighted by molar-refractivity contribution is 0.101. The number of carbonyl (C=O) groups is 2. The Bertz CT molecular complexity index is 1090. The second-order valence-electron chi connectivity index (χ2n) is 6.72. The molecule has 6 heteroatoms. The van der Waals surface area contributed by atoms with Crippen molar-refractivity contribution in [2.75, 3.05) is 24.4 Å². The summed E-state index contributed by atoms with van der Waals surface area (Å²) in [7, 11) is 1.51. The molecule has 6 nitrogen and oxygen atoms in total. The van der Waals surface area contributed by atoms with E-state index in [2.05, 4.69) is 17.2 Å². The summed E-state index contributed by atoms with van der Waals surface area (Å²) in [5.41, 5.74) is 2.81. The maximum Gasteiger partial charge on any atom is 0.256 e. The van der Waals surface area contributed by atoms with Crippen LogP contribution in [0.5, 0.6) is 11.5 Å². The van der Waals surface area contributed by atoms with Crippen LogP contribution < -0.4 is 20.1 Å². The SMILES string of the molecule is C=CCOc1ccc(C(=O)Nc2cccc(C(=O)Nc3ccccc3)c2C)cc1OC.